The van der Waals surface area contributed by atoms with Gasteiger partial charge in [-0.05, 0) is 64.6 Å². The van der Waals surface area contributed by atoms with E-state index in [4.69, 9.17) is 4.74 Å². The number of amides is 4. The van der Waals surface area contributed by atoms with Crippen molar-refractivity contribution in [2.45, 2.75) is 98.1 Å². The van der Waals surface area contributed by atoms with Crippen LogP contribution in [0.1, 0.15) is 78.6 Å². The smallest absolute Gasteiger partial charge is 0.407 e. The van der Waals surface area contributed by atoms with Crippen LogP contribution in [-0.2, 0) is 19.1 Å². The van der Waals surface area contributed by atoms with Crippen LogP contribution in [0.3, 0.4) is 0 Å². The third-order valence-electron chi connectivity index (χ3n) is 7.86. The number of likely N-dealkylation sites (N-methyl/N-ethyl adjacent to an activating group) is 1. The van der Waals surface area contributed by atoms with E-state index in [1.807, 2.05) is 64.4 Å². The minimum absolute atomic E-state index is 0.00119. The highest BCUT2D eigenvalue weighted by Crippen LogP contribution is 2.29. The third kappa shape index (κ3) is 11.3. The summed E-state index contributed by atoms with van der Waals surface area (Å²) < 4.78 is 5.23. The number of nitrogens with zero attached hydrogens (tertiary/aromatic N) is 3. The molecule has 1 saturated heterocycles. The number of aliphatic hydroxyl groups excluding tert-OH is 1. The third-order valence-corrected chi connectivity index (χ3v) is 8.84. The normalized spacial score (nSPS) is 18.1. The van der Waals surface area contributed by atoms with Crippen molar-refractivity contribution in [1.82, 2.24) is 30.7 Å². The molecule has 47 heavy (non-hydrogen) atoms. The molecule has 0 bridgehead atoms. The zero-order valence-corrected chi connectivity index (χ0v) is 30.0. The molecule has 1 aromatic heterocycles. The van der Waals surface area contributed by atoms with Crippen molar-refractivity contribution in [2.24, 2.45) is 5.41 Å². The lowest BCUT2D eigenvalue weighted by molar-refractivity contribution is -0.144. The van der Waals surface area contributed by atoms with Crippen LogP contribution in [0.4, 0.5) is 4.79 Å². The molecule has 1 fully saturated rings. The van der Waals surface area contributed by atoms with E-state index in [1.165, 1.54) is 4.90 Å². The molecule has 1 aliphatic heterocycles. The summed E-state index contributed by atoms with van der Waals surface area (Å²) in [5.41, 5.74) is 3.50. The maximum atomic E-state index is 13.9. The van der Waals surface area contributed by atoms with Gasteiger partial charge in [-0.2, -0.15) is 0 Å². The molecule has 3 rings (SSSR count). The Morgan fingerprint density at radius 2 is 1.77 bits per heavy atom. The van der Waals surface area contributed by atoms with Crippen LogP contribution in [0.2, 0.25) is 0 Å². The molecule has 13 heteroatoms. The van der Waals surface area contributed by atoms with Crippen LogP contribution < -0.4 is 16.0 Å². The van der Waals surface area contributed by atoms with E-state index < -0.39 is 41.2 Å². The van der Waals surface area contributed by atoms with Gasteiger partial charge in [-0.1, -0.05) is 45.0 Å². The summed E-state index contributed by atoms with van der Waals surface area (Å²) in [5, 5.41) is 19.1. The number of hydrogen-bond acceptors (Lipinski definition) is 9. The second kappa shape index (κ2) is 16.0. The molecule has 1 aromatic carbocycles. The number of aromatic nitrogens is 1. The van der Waals surface area contributed by atoms with E-state index in [2.05, 4.69) is 20.9 Å². The van der Waals surface area contributed by atoms with Crippen molar-refractivity contribution in [3.05, 3.63) is 41.0 Å². The summed E-state index contributed by atoms with van der Waals surface area (Å²) in [6, 6.07) is 5.81. The van der Waals surface area contributed by atoms with E-state index in [0.717, 1.165) is 21.7 Å². The molecule has 2 heterocycles. The standard InChI is InChI=1S/C34H52N6O6S/c1-21(23-11-13-24(14-12-23)28-22(2)36-20-47-28)37-30(43)26-17-25(41)18-40(26)31(44)29(33(3,4)5)38-27(42)19-39(9)16-10-15-35-32(45)46-34(6,7)8/h11-14,20-21,25-26,29,41H,10,15-19H2,1-9H3,(H,35,45)(H,37,43)(H,38,42)/t21-,25+,26-,29+/m0/s1. The molecule has 260 valence electrons. The molecule has 0 radical (unpaired) electrons. The number of alkyl carbamates (subject to hydrolysis) is 1. The SMILES string of the molecule is Cc1ncsc1-c1ccc([C@H](C)NC(=O)[C@@H]2C[C@@H](O)CN2C(=O)[C@@H](NC(=O)CN(C)CCCNC(=O)OC(C)(C)C)C(C)(C)C)cc1. The van der Waals surface area contributed by atoms with Gasteiger partial charge in [0.05, 0.1) is 34.8 Å². The van der Waals surface area contributed by atoms with E-state index in [1.54, 1.807) is 44.1 Å². The summed E-state index contributed by atoms with van der Waals surface area (Å²) in [4.78, 5) is 61.0. The first kappa shape index (κ1) is 37.9. The lowest BCUT2D eigenvalue weighted by atomic mass is 9.85. The lowest BCUT2D eigenvalue weighted by Crippen LogP contribution is -2.58. The average molecular weight is 673 g/mol. The fourth-order valence-corrected chi connectivity index (χ4v) is 6.21. The average Bonchev–Trinajstić information content (AvgIpc) is 3.57. The molecule has 0 aliphatic carbocycles. The van der Waals surface area contributed by atoms with E-state index >= 15 is 0 Å². The Balaban J connectivity index is 1.58. The van der Waals surface area contributed by atoms with Crippen molar-refractivity contribution >= 4 is 35.2 Å². The predicted molar refractivity (Wildman–Crippen MR) is 183 cm³/mol. The minimum atomic E-state index is -0.919. The highest BCUT2D eigenvalue weighted by atomic mass is 32.1. The number of hydrogen-bond donors (Lipinski definition) is 4. The van der Waals surface area contributed by atoms with Crippen molar-refractivity contribution in [2.75, 3.05) is 33.2 Å². The fourth-order valence-electron chi connectivity index (χ4n) is 5.40. The first-order valence-electron chi connectivity index (χ1n) is 16.1. The number of aryl methyl sites for hydroxylation is 1. The van der Waals surface area contributed by atoms with E-state index in [-0.39, 0.29) is 37.4 Å². The molecular formula is C34H52N6O6S. The highest BCUT2D eigenvalue weighted by molar-refractivity contribution is 7.13. The quantitative estimate of drug-likeness (QED) is 0.250. The van der Waals surface area contributed by atoms with Crippen LogP contribution in [0.15, 0.2) is 29.8 Å². The number of nitrogens with one attached hydrogen (secondary N) is 3. The van der Waals surface area contributed by atoms with Crippen molar-refractivity contribution in [3.8, 4) is 10.4 Å². The van der Waals surface area contributed by atoms with Crippen LogP contribution >= 0.6 is 11.3 Å². The van der Waals surface area contributed by atoms with Crippen LogP contribution in [0.25, 0.3) is 10.4 Å². The Morgan fingerprint density at radius 3 is 2.34 bits per heavy atom. The molecule has 0 saturated carbocycles. The van der Waals surface area contributed by atoms with Crippen LogP contribution in [0, 0.1) is 12.3 Å². The molecule has 0 spiro atoms. The molecule has 1 aliphatic rings. The van der Waals surface area contributed by atoms with Gasteiger partial charge >= 0.3 is 6.09 Å². The maximum absolute atomic E-state index is 13.9. The van der Waals surface area contributed by atoms with Gasteiger partial charge < -0.3 is 30.7 Å². The zero-order chi connectivity index (χ0) is 35.1. The first-order chi connectivity index (χ1) is 21.9. The van der Waals surface area contributed by atoms with E-state index in [0.29, 0.717) is 19.5 Å². The number of carbonyl (C=O) groups excluding carboxylic acids is 4. The Bertz CT molecular complexity index is 1380. The number of likely N-dealkylation sites (tertiary alicyclic amines) is 1. The summed E-state index contributed by atoms with van der Waals surface area (Å²) >= 11 is 1.58. The van der Waals surface area contributed by atoms with Gasteiger partial charge in [0.1, 0.15) is 17.7 Å². The van der Waals surface area contributed by atoms with Gasteiger partial charge in [0.2, 0.25) is 17.7 Å². The number of thiazole rings is 1. The minimum Gasteiger partial charge on any atom is -0.444 e. The largest absolute Gasteiger partial charge is 0.444 e. The summed E-state index contributed by atoms with van der Waals surface area (Å²) in [6.45, 7) is 15.7. The Hall–Kier alpha value is -3.55. The summed E-state index contributed by atoms with van der Waals surface area (Å²) in [7, 11) is 1.79. The Labute approximate surface area is 282 Å². The number of ether oxygens (including phenoxy) is 1. The Morgan fingerprint density at radius 1 is 1.11 bits per heavy atom. The van der Waals surface area contributed by atoms with Crippen molar-refractivity contribution in [3.63, 3.8) is 0 Å². The number of aliphatic hydroxyl groups is 1. The topological polar surface area (TPSA) is 153 Å². The zero-order valence-electron chi connectivity index (χ0n) is 29.2. The monoisotopic (exact) mass is 672 g/mol. The molecule has 2 aromatic rings. The van der Waals surface area contributed by atoms with Crippen molar-refractivity contribution < 1.29 is 29.0 Å². The molecular weight excluding hydrogens is 620 g/mol. The Kier molecular flexibility index (Phi) is 12.9. The van der Waals surface area contributed by atoms with E-state index in [9.17, 15) is 24.3 Å². The number of benzene rings is 1. The number of β-amino-alcohol motifs (C(OH)–C–C–N with tert-alkyl or cyclic N) is 1. The van der Waals surface area contributed by atoms with Crippen molar-refractivity contribution in [1.29, 1.82) is 0 Å². The van der Waals surface area contributed by atoms with Gasteiger partial charge in [0, 0.05) is 26.1 Å². The second-order valence-corrected chi connectivity index (χ2v) is 15.3. The number of carbonyl (C=O) groups is 4. The summed E-state index contributed by atoms with van der Waals surface area (Å²) in [5.74, 6) is -1.11. The first-order valence-corrected chi connectivity index (χ1v) is 17.0. The van der Waals surface area contributed by atoms with Crippen LogP contribution in [-0.4, -0.2) is 101 Å². The van der Waals surface area contributed by atoms with Gasteiger partial charge in [-0.15, -0.1) is 11.3 Å². The molecule has 4 amide bonds. The molecule has 12 nitrogen and oxygen atoms in total. The fraction of sp³-hybridized carbons (Fsp3) is 0.618. The van der Waals surface area contributed by atoms with Crippen LogP contribution in [0.5, 0.6) is 0 Å². The summed E-state index contributed by atoms with van der Waals surface area (Å²) in [6.07, 6.45) is -0.640. The number of rotatable bonds is 12. The highest BCUT2D eigenvalue weighted by Gasteiger charge is 2.44. The molecule has 0 unspecified atom stereocenters. The second-order valence-electron chi connectivity index (χ2n) is 14.4. The van der Waals surface area contributed by atoms with Gasteiger partial charge in [0.15, 0.2) is 0 Å². The van der Waals surface area contributed by atoms with Gasteiger partial charge in [-0.25, -0.2) is 9.78 Å². The molecule has 4 atom stereocenters. The predicted octanol–water partition coefficient (Wildman–Crippen LogP) is 3.64. The van der Waals surface area contributed by atoms with Gasteiger partial charge in [0.25, 0.3) is 0 Å². The maximum Gasteiger partial charge on any atom is 0.407 e. The molecule has 4 N–H and O–H groups in total. The lowest BCUT2D eigenvalue weighted by Gasteiger charge is -2.36. The van der Waals surface area contributed by atoms with Gasteiger partial charge in [-0.3, -0.25) is 19.3 Å².